The summed E-state index contributed by atoms with van der Waals surface area (Å²) in [6, 6.07) is 2.69. The normalized spacial score (nSPS) is 25.4. The van der Waals surface area contributed by atoms with E-state index in [1.54, 1.807) is 0 Å². The number of rotatable bonds is 3. The van der Waals surface area contributed by atoms with E-state index in [0.29, 0.717) is 18.9 Å². The molecule has 0 heterocycles. The summed E-state index contributed by atoms with van der Waals surface area (Å²) < 4.78 is 26.1. The van der Waals surface area contributed by atoms with E-state index in [4.69, 9.17) is 5.11 Å². The molecule has 4 nitrogen and oxygen atoms in total. The smallest absolute Gasteiger partial charge is 0.307 e. The Balaban J connectivity index is 2.13. The van der Waals surface area contributed by atoms with Crippen LogP contribution in [0.25, 0.3) is 0 Å². The second kappa shape index (κ2) is 5.56. The second-order valence-corrected chi connectivity index (χ2v) is 5.28. The molecule has 1 saturated carbocycles. The van der Waals surface area contributed by atoms with E-state index in [1.807, 2.05) is 6.92 Å². The van der Waals surface area contributed by atoms with Crippen LogP contribution in [0.4, 0.5) is 14.5 Å². The van der Waals surface area contributed by atoms with Crippen LogP contribution in [0.5, 0.6) is 0 Å². The Hall–Kier alpha value is -1.98. The fourth-order valence-corrected chi connectivity index (χ4v) is 2.72. The zero-order valence-corrected chi connectivity index (χ0v) is 10.9. The third kappa shape index (κ3) is 3.12. The standard InChI is InChI=1S/C14H15F2NO3/c1-7-2-11(12(3-7)14(19)20)13(18)17-10-5-8(15)4-9(16)6-10/h4-7,11-12H,2-3H2,1H3,(H,17,18)(H,19,20). The molecule has 0 aliphatic heterocycles. The number of carbonyl (C=O) groups is 2. The molecule has 0 spiro atoms. The Morgan fingerprint density at radius 1 is 1.15 bits per heavy atom. The van der Waals surface area contributed by atoms with Crippen molar-refractivity contribution < 1.29 is 23.5 Å². The van der Waals surface area contributed by atoms with Crippen molar-refractivity contribution in [3.8, 4) is 0 Å². The van der Waals surface area contributed by atoms with Crippen molar-refractivity contribution in [1.29, 1.82) is 0 Å². The molecule has 2 rings (SSSR count). The molecule has 0 radical (unpaired) electrons. The number of carboxylic acids is 1. The molecule has 1 aromatic carbocycles. The maximum atomic E-state index is 13.0. The number of amides is 1. The van der Waals surface area contributed by atoms with E-state index in [9.17, 15) is 18.4 Å². The molecule has 6 heteroatoms. The van der Waals surface area contributed by atoms with Gasteiger partial charge in [0.15, 0.2) is 0 Å². The highest BCUT2D eigenvalue weighted by Gasteiger charge is 2.41. The molecule has 1 aromatic rings. The number of benzene rings is 1. The minimum atomic E-state index is -1.01. The van der Waals surface area contributed by atoms with Gasteiger partial charge >= 0.3 is 5.97 Å². The van der Waals surface area contributed by atoms with Crippen LogP contribution < -0.4 is 5.32 Å². The Morgan fingerprint density at radius 3 is 2.25 bits per heavy atom. The van der Waals surface area contributed by atoms with Crippen LogP contribution in [0.15, 0.2) is 18.2 Å². The predicted molar refractivity (Wildman–Crippen MR) is 68.0 cm³/mol. The summed E-state index contributed by atoms with van der Waals surface area (Å²) in [6.07, 6.45) is 0.894. The van der Waals surface area contributed by atoms with Gasteiger partial charge in [0.05, 0.1) is 11.8 Å². The van der Waals surface area contributed by atoms with E-state index in [0.717, 1.165) is 12.1 Å². The summed E-state index contributed by atoms with van der Waals surface area (Å²) >= 11 is 0. The highest BCUT2D eigenvalue weighted by Crippen LogP contribution is 2.37. The van der Waals surface area contributed by atoms with Gasteiger partial charge in [-0.15, -0.1) is 0 Å². The lowest BCUT2D eigenvalue weighted by atomic mass is 9.95. The molecule has 108 valence electrons. The van der Waals surface area contributed by atoms with Crippen molar-refractivity contribution in [3.05, 3.63) is 29.8 Å². The van der Waals surface area contributed by atoms with Gasteiger partial charge in [0.25, 0.3) is 0 Å². The van der Waals surface area contributed by atoms with Gasteiger partial charge in [0, 0.05) is 11.8 Å². The lowest BCUT2D eigenvalue weighted by Gasteiger charge is -2.15. The number of carbonyl (C=O) groups excluding carboxylic acids is 1. The zero-order chi connectivity index (χ0) is 14.9. The van der Waals surface area contributed by atoms with Crippen molar-refractivity contribution in [2.45, 2.75) is 19.8 Å². The number of halogens is 2. The number of carboxylic acid groups (broad SMARTS) is 1. The van der Waals surface area contributed by atoms with Crippen molar-refractivity contribution in [1.82, 2.24) is 0 Å². The highest BCUT2D eigenvalue weighted by molar-refractivity contribution is 5.95. The molecule has 3 atom stereocenters. The van der Waals surface area contributed by atoms with E-state index in [1.165, 1.54) is 0 Å². The molecule has 0 saturated heterocycles. The van der Waals surface area contributed by atoms with E-state index < -0.39 is 35.3 Å². The van der Waals surface area contributed by atoms with Crippen LogP contribution in [0.1, 0.15) is 19.8 Å². The SMILES string of the molecule is CC1CC(C(=O)O)C(C(=O)Nc2cc(F)cc(F)c2)C1. The van der Waals surface area contributed by atoms with Crippen LogP contribution in [-0.2, 0) is 9.59 Å². The maximum absolute atomic E-state index is 13.0. The lowest BCUT2D eigenvalue weighted by molar-refractivity contribution is -0.145. The molecular weight excluding hydrogens is 268 g/mol. The Bertz CT molecular complexity index is 527. The number of hydrogen-bond acceptors (Lipinski definition) is 2. The third-order valence-electron chi connectivity index (χ3n) is 3.58. The summed E-state index contributed by atoms with van der Waals surface area (Å²) in [5.41, 5.74) is -0.00353. The molecule has 1 aliphatic carbocycles. The average molecular weight is 283 g/mol. The maximum Gasteiger partial charge on any atom is 0.307 e. The second-order valence-electron chi connectivity index (χ2n) is 5.28. The summed E-state index contributed by atoms with van der Waals surface area (Å²) in [4.78, 5) is 23.2. The lowest BCUT2D eigenvalue weighted by Crippen LogP contribution is -2.30. The van der Waals surface area contributed by atoms with Crippen molar-refractivity contribution in [3.63, 3.8) is 0 Å². The van der Waals surface area contributed by atoms with Gasteiger partial charge in [-0.05, 0) is 30.9 Å². The number of anilines is 1. The van der Waals surface area contributed by atoms with Crippen molar-refractivity contribution in [2.24, 2.45) is 17.8 Å². The minimum Gasteiger partial charge on any atom is -0.481 e. The fourth-order valence-electron chi connectivity index (χ4n) is 2.72. The van der Waals surface area contributed by atoms with Gasteiger partial charge in [0.1, 0.15) is 11.6 Å². The highest BCUT2D eigenvalue weighted by atomic mass is 19.1. The van der Waals surface area contributed by atoms with Gasteiger partial charge in [-0.3, -0.25) is 9.59 Å². The predicted octanol–water partition coefficient (Wildman–Crippen LogP) is 2.65. The summed E-state index contributed by atoms with van der Waals surface area (Å²) in [6.45, 7) is 1.88. The monoisotopic (exact) mass is 283 g/mol. The van der Waals surface area contributed by atoms with Crippen LogP contribution in [0, 0.1) is 29.4 Å². The number of hydrogen-bond donors (Lipinski definition) is 2. The topological polar surface area (TPSA) is 66.4 Å². The van der Waals surface area contributed by atoms with E-state index >= 15 is 0 Å². The molecule has 1 amide bonds. The third-order valence-corrected chi connectivity index (χ3v) is 3.58. The molecule has 0 aromatic heterocycles. The quantitative estimate of drug-likeness (QED) is 0.896. The Morgan fingerprint density at radius 2 is 1.70 bits per heavy atom. The number of aliphatic carboxylic acids is 1. The molecular formula is C14H15F2NO3. The number of nitrogens with one attached hydrogen (secondary N) is 1. The molecule has 1 aliphatic rings. The summed E-state index contributed by atoms with van der Waals surface area (Å²) in [5.74, 6) is -4.40. The first kappa shape index (κ1) is 14.4. The first-order chi connectivity index (χ1) is 9.36. The molecule has 20 heavy (non-hydrogen) atoms. The van der Waals surface area contributed by atoms with Gasteiger partial charge in [-0.1, -0.05) is 6.92 Å². The Labute approximate surface area is 114 Å². The molecule has 3 unspecified atom stereocenters. The molecule has 0 bridgehead atoms. The van der Waals surface area contributed by atoms with E-state index in [2.05, 4.69) is 5.32 Å². The summed E-state index contributed by atoms with van der Waals surface area (Å²) in [7, 11) is 0. The average Bonchev–Trinajstić information content (AvgIpc) is 2.70. The Kier molecular flexibility index (Phi) is 4.01. The van der Waals surface area contributed by atoms with Gasteiger partial charge in [-0.2, -0.15) is 0 Å². The van der Waals surface area contributed by atoms with Gasteiger partial charge in [-0.25, -0.2) is 8.78 Å². The van der Waals surface area contributed by atoms with Crippen molar-refractivity contribution in [2.75, 3.05) is 5.32 Å². The van der Waals surface area contributed by atoms with Crippen LogP contribution in [-0.4, -0.2) is 17.0 Å². The van der Waals surface area contributed by atoms with Crippen molar-refractivity contribution >= 4 is 17.6 Å². The summed E-state index contributed by atoms with van der Waals surface area (Å²) in [5, 5.41) is 11.5. The van der Waals surface area contributed by atoms with Gasteiger partial charge in [0.2, 0.25) is 5.91 Å². The fraction of sp³-hybridized carbons (Fsp3) is 0.429. The van der Waals surface area contributed by atoms with E-state index in [-0.39, 0.29) is 11.6 Å². The molecule has 2 N–H and O–H groups in total. The molecule has 1 fully saturated rings. The first-order valence-electron chi connectivity index (χ1n) is 6.36. The largest absolute Gasteiger partial charge is 0.481 e. The van der Waals surface area contributed by atoms with Gasteiger partial charge < -0.3 is 10.4 Å². The zero-order valence-electron chi connectivity index (χ0n) is 10.9. The first-order valence-corrected chi connectivity index (χ1v) is 6.36. The van der Waals surface area contributed by atoms with Crippen LogP contribution in [0.2, 0.25) is 0 Å². The van der Waals surface area contributed by atoms with Crippen LogP contribution in [0.3, 0.4) is 0 Å². The minimum absolute atomic E-state index is 0.00353. The van der Waals surface area contributed by atoms with Crippen LogP contribution >= 0.6 is 0 Å².